The van der Waals surface area contributed by atoms with Crippen LogP contribution in [0.1, 0.15) is 32.6 Å². The summed E-state index contributed by atoms with van der Waals surface area (Å²) in [5, 5.41) is 22.6. The maximum atomic E-state index is 13.3. The van der Waals surface area contributed by atoms with E-state index in [-0.39, 0.29) is 24.3 Å². The van der Waals surface area contributed by atoms with Crippen LogP contribution in [0.4, 0.5) is 13.2 Å². The van der Waals surface area contributed by atoms with E-state index in [1.807, 2.05) is 12.1 Å². The Balaban J connectivity index is 1.59. The number of ether oxygens (including phenoxy) is 1. The molecule has 0 saturated heterocycles. The van der Waals surface area contributed by atoms with Crippen LogP contribution in [0.5, 0.6) is 5.75 Å². The molecule has 0 radical (unpaired) electrons. The Labute approximate surface area is 215 Å². The normalized spacial score (nSPS) is 11.9. The van der Waals surface area contributed by atoms with Crippen LogP contribution < -0.4 is 10.1 Å². The number of carbonyl (C=O) groups is 2. The second kappa shape index (κ2) is 11.0. The molecule has 4 aromatic carbocycles. The SMILES string of the molecule is N#Cc1ccc(C[C@H](NC(=O)c2ccc3ccccc3c2OCc2ccc(C(F)(F)F)cc2)C(=O)O)cc1. The quantitative estimate of drug-likeness (QED) is 0.310. The zero-order chi connectivity index (χ0) is 27.3. The van der Waals surface area contributed by atoms with E-state index in [0.29, 0.717) is 22.1 Å². The van der Waals surface area contributed by atoms with Crippen LogP contribution in [0.25, 0.3) is 10.8 Å². The van der Waals surface area contributed by atoms with Crippen LogP contribution in [0.2, 0.25) is 0 Å². The summed E-state index contributed by atoms with van der Waals surface area (Å²) < 4.78 is 44.6. The van der Waals surface area contributed by atoms with E-state index in [1.165, 1.54) is 18.2 Å². The highest BCUT2D eigenvalue weighted by Crippen LogP contribution is 2.32. The van der Waals surface area contributed by atoms with E-state index < -0.39 is 29.7 Å². The second-order valence-electron chi connectivity index (χ2n) is 8.52. The molecule has 0 aliphatic rings. The third kappa shape index (κ3) is 6.10. The van der Waals surface area contributed by atoms with Gasteiger partial charge in [0.25, 0.3) is 5.91 Å². The summed E-state index contributed by atoms with van der Waals surface area (Å²) in [6.07, 6.45) is -4.47. The van der Waals surface area contributed by atoms with Gasteiger partial charge in [-0.05, 0) is 46.8 Å². The Morgan fingerprint density at radius 3 is 2.21 bits per heavy atom. The first-order chi connectivity index (χ1) is 18.2. The molecule has 6 nitrogen and oxygen atoms in total. The Kier molecular flexibility index (Phi) is 7.63. The number of rotatable bonds is 8. The number of carbonyl (C=O) groups excluding carboxylic acids is 1. The molecule has 2 N–H and O–H groups in total. The summed E-state index contributed by atoms with van der Waals surface area (Å²) in [5.74, 6) is -1.74. The molecule has 38 heavy (non-hydrogen) atoms. The number of nitrogens with zero attached hydrogens (tertiary/aromatic N) is 1. The maximum Gasteiger partial charge on any atom is 0.416 e. The van der Waals surface area contributed by atoms with Crippen LogP contribution in [-0.2, 0) is 24.0 Å². The zero-order valence-electron chi connectivity index (χ0n) is 19.8. The van der Waals surface area contributed by atoms with Crippen LogP contribution in [0.15, 0.2) is 84.9 Å². The lowest BCUT2D eigenvalue weighted by molar-refractivity contribution is -0.139. The van der Waals surface area contributed by atoms with E-state index in [4.69, 9.17) is 10.00 Å². The van der Waals surface area contributed by atoms with Crippen LogP contribution in [0.3, 0.4) is 0 Å². The largest absolute Gasteiger partial charge is 0.487 e. The van der Waals surface area contributed by atoms with Crippen molar-refractivity contribution in [1.29, 1.82) is 5.26 Å². The van der Waals surface area contributed by atoms with Gasteiger partial charge in [0.2, 0.25) is 0 Å². The fraction of sp³-hybridized carbons (Fsp3) is 0.138. The zero-order valence-corrected chi connectivity index (χ0v) is 19.8. The fourth-order valence-electron chi connectivity index (χ4n) is 3.91. The number of nitriles is 1. The van der Waals surface area contributed by atoms with Crippen molar-refractivity contribution < 1.29 is 32.6 Å². The van der Waals surface area contributed by atoms with E-state index in [1.54, 1.807) is 48.5 Å². The number of amides is 1. The highest BCUT2D eigenvalue weighted by molar-refractivity contribution is 6.04. The molecule has 0 aliphatic heterocycles. The van der Waals surface area contributed by atoms with E-state index in [9.17, 15) is 27.9 Å². The third-order valence-electron chi connectivity index (χ3n) is 5.91. The summed E-state index contributed by atoms with van der Waals surface area (Å²) in [6, 6.07) is 21.9. The molecule has 1 amide bonds. The molecule has 0 aromatic heterocycles. The molecule has 192 valence electrons. The van der Waals surface area contributed by atoms with Crippen LogP contribution in [-0.4, -0.2) is 23.0 Å². The summed E-state index contributed by atoms with van der Waals surface area (Å²) in [5.41, 5.74) is 0.807. The van der Waals surface area contributed by atoms with Gasteiger partial charge in [-0.3, -0.25) is 4.79 Å². The summed E-state index contributed by atoms with van der Waals surface area (Å²) >= 11 is 0. The molecule has 0 spiro atoms. The number of fused-ring (bicyclic) bond motifs is 1. The lowest BCUT2D eigenvalue weighted by Gasteiger charge is -2.18. The van der Waals surface area contributed by atoms with Gasteiger partial charge in [0.15, 0.2) is 0 Å². The van der Waals surface area contributed by atoms with Gasteiger partial charge < -0.3 is 15.2 Å². The molecule has 0 heterocycles. The molecule has 1 atom stereocenters. The number of hydrogen-bond donors (Lipinski definition) is 2. The third-order valence-corrected chi connectivity index (χ3v) is 5.91. The molecule has 0 aliphatic carbocycles. The van der Waals surface area contributed by atoms with Crippen molar-refractivity contribution in [2.45, 2.75) is 25.2 Å². The molecule has 0 bridgehead atoms. The van der Waals surface area contributed by atoms with Crippen molar-refractivity contribution in [1.82, 2.24) is 5.32 Å². The van der Waals surface area contributed by atoms with Crippen molar-refractivity contribution in [2.75, 3.05) is 0 Å². The lowest BCUT2D eigenvalue weighted by Crippen LogP contribution is -2.42. The van der Waals surface area contributed by atoms with E-state index >= 15 is 0 Å². The number of hydrogen-bond acceptors (Lipinski definition) is 4. The van der Waals surface area contributed by atoms with Crippen molar-refractivity contribution in [3.8, 4) is 11.8 Å². The predicted octanol–water partition coefficient (Wildman–Crippen LogP) is 5.73. The number of benzene rings is 4. The highest BCUT2D eigenvalue weighted by atomic mass is 19.4. The maximum absolute atomic E-state index is 13.3. The van der Waals surface area contributed by atoms with Gasteiger partial charge in [-0.15, -0.1) is 0 Å². The lowest BCUT2D eigenvalue weighted by atomic mass is 10.0. The van der Waals surface area contributed by atoms with Crippen LogP contribution >= 0.6 is 0 Å². The molecule has 0 unspecified atom stereocenters. The molecular weight excluding hydrogens is 497 g/mol. The van der Waals surface area contributed by atoms with Gasteiger partial charge in [0, 0.05) is 11.8 Å². The number of carboxylic acids is 1. The van der Waals surface area contributed by atoms with Crippen molar-refractivity contribution >= 4 is 22.6 Å². The fourth-order valence-corrected chi connectivity index (χ4v) is 3.91. The van der Waals surface area contributed by atoms with E-state index in [2.05, 4.69) is 5.32 Å². The molecule has 4 rings (SSSR count). The van der Waals surface area contributed by atoms with Crippen molar-refractivity contribution in [3.05, 3.63) is 113 Å². The molecule has 0 fully saturated rings. The summed E-state index contributed by atoms with van der Waals surface area (Å²) in [4.78, 5) is 25.2. The second-order valence-corrected chi connectivity index (χ2v) is 8.52. The monoisotopic (exact) mass is 518 g/mol. The van der Waals surface area contributed by atoms with Gasteiger partial charge in [0.05, 0.1) is 22.8 Å². The first kappa shape index (κ1) is 26.2. The smallest absolute Gasteiger partial charge is 0.416 e. The Hall–Kier alpha value is -4.84. The Morgan fingerprint density at radius 1 is 0.921 bits per heavy atom. The van der Waals surface area contributed by atoms with E-state index in [0.717, 1.165) is 17.5 Å². The van der Waals surface area contributed by atoms with Gasteiger partial charge in [-0.25, -0.2) is 4.79 Å². The molecular formula is C29H21F3N2O4. The molecule has 0 saturated carbocycles. The summed E-state index contributed by atoms with van der Waals surface area (Å²) in [7, 11) is 0. The number of aliphatic carboxylic acids is 1. The highest BCUT2D eigenvalue weighted by Gasteiger charge is 2.30. The predicted molar refractivity (Wildman–Crippen MR) is 133 cm³/mol. The number of halogens is 3. The average Bonchev–Trinajstić information content (AvgIpc) is 2.91. The first-order valence-electron chi connectivity index (χ1n) is 11.5. The number of carboxylic acid groups (broad SMARTS) is 1. The number of alkyl halides is 3. The van der Waals surface area contributed by atoms with Gasteiger partial charge in [0.1, 0.15) is 18.4 Å². The minimum absolute atomic E-state index is 0.0118. The average molecular weight is 518 g/mol. The minimum Gasteiger partial charge on any atom is -0.487 e. The van der Waals surface area contributed by atoms with Gasteiger partial charge >= 0.3 is 12.1 Å². The van der Waals surface area contributed by atoms with Gasteiger partial charge in [-0.2, -0.15) is 18.4 Å². The minimum atomic E-state index is -4.46. The topological polar surface area (TPSA) is 99.4 Å². The van der Waals surface area contributed by atoms with Gasteiger partial charge in [-0.1, -0.05) is 54.6 Å². The molecule has 9 heteroatoms. The standard InChI is InChI=1S/C29H21F3N2O4/c30-29(31,32)22-12-9-20(10-13-22)17-38-26-23-4-2-1-3-21(23)11-14-24(26)27(35)34-25(28(36)37)15-18-5-7-19(16-33)8-6-18/h1-14,25H,15,17H2,(H,34,35)(H,36,37)/t25-/m0/s1. The van der Waals surface area contributed by atoms with Crippen molar-refractivity contribution in [3.63, 3.8) is 0 Å². The Morgan fingerprint density at radius 2 is 1.58 bits per heavy atom. The van der Waals surface area contributed by atoms with Crippen LogP contribution in [0, 0.1) is 11.3 Å². The Bertz CT molecular complexity index is 1510. The molecule has 4 aromatic rings. The van der Waals surface area contributed by atoms with Crippen molar-refractivity contribution in [2.24, 2.45) is 0 Å². The summed E-state index contributed by atoms with van der Waals surface area (Å²) in [6.45, 7) is -0.111. The first-order valence-corrected chi connectivity index (χ1v) is 11.5. The number of nitrogens with one attached hydrogen (secondary N) is 1.